The lowest BCUT2D eigenvalue weighted by molar-refractivity contribution is -0.122. The number of carbonyl (C=O) groups excluding carboxylic acids is 3. The number of amides is 2. The number of esters is 1. The molecule has 1 aliphatic heterocycles. The van der Waals surface area contributed by atoms with Gasteiger partial charge in [0.2, 0.25) is 11.8 Å². The van der Waals surface area contributed by atoms with Crippen molar-refractivity contribution in [1.29, 1.82) is 0 Å². The molecule has 2 atom stereocenters. The van der Waals surface area contributed by atoms with Gasteiger partial charge in [-0.3, -0.25) is 9.59 Å². The zero-order valence-corrected chi connectivity index (χ0v) is 22.2. The van der Waals surface area contributed by atoms with Crippen LogP contribution in [0.5, 0.6) is 0 Å². The number of nitrogens with zero attached hydrogens (tertiary/aromatic N) is 1. The summed E-state index contributed by atoms with van der Waals surface area (Å²) in [6.45, 7) is 2.49. The molecule has 0 aromatic heterocycles. The van der Waals surface area contributed by atoms with Crippen molar-refractivity contribution in [2.24, 2.45) is 11.8 Å². The van der Waals surface area contributed by atoms with E-state index < -0.39 is 22.1 Å². The average molecular weight is 558 g/mol. The molecule has 37 heavy (non-hydrogen) atoms. The fourth-order valence-corrected chi connectivity index (χ4v) is 7.69. The van der Waals surface area contributed by atoms with E-state index in [9.17, 15) is 14.4 Å². The van der Waals surface area contributed by atoms with Crippen molar-refractivity contribution in [2.45, 2.75) is 42.8 Å². The molecule has 1 saturated heterocycles. The smallest absolute Gasteiger partial charge is 0.338 e. The van der Waals surface area contributed by atoms with Gasteiger partial charge in [0.15, 0.2) is 0 Å². The Balaban J connectivity index is 1.35. The SMILES string of the molecule is CCCCCCOC(=O)c1cccc(N2C(=O)[C@@H]3[C@@H](C2=O)C2c4ccccc4C3(Br)c3ccccc32)c1. The number of carbonyl (C=O) groups is 3. The molecule has 188 valence electrons. The van der Waals surface area contributed by atoms with Gasteiger partial charge in [-0.25, -0.2) is 9.69 Å². The number of hydrogen-bond acceptors (Lipinski definition) is 4. The molecule has 3 aliphatic carbocycles. The van der Waals surface area contributed by atoms with E-state index >= 15 is 0 Å². The quantitative estimate of drug-likeness (QED) is 0.147. The summed E-state index contributed by atoms with van der Waals surface area (Å²) < 4.78 is 4.65. The average Bonchev–Trinajstić information content (AvgIpc) is 3.20. The van der Waals surface area contributed by atoms with Crippen LogP contribution in [0, 0.1) is 11.8 Å². The molecule has 0 unspecified atom stereocenters. The number of unbranched alkanes of at least 4 members (excludes halogenated alkanes) is 3. The highest BCUT2D eigenvalue weighted by atomic mass is 79.9. The molecule has 0 radical (unpaired) electrons. The van der Waals surface area contributed by atoms with Crippen LogP contribution in [0.15, 0.2) is 72.8 Å². The Morgan fingerprint density at radius 1 is 0.892 bits per heavy atom. The molecule has 0 N–H and O–H groups in total. The maximum Gasteiger partial charge on any atom is 0.338 e. The Labute approximate surface area is 224 Å². The lowest BCUT2D eigenvalue weighted by Crippen LogP contribution is -2.50. The van der Waals surface area contributed by atoms with Gasteiger partial charge in [0, 0.05) is 5.92 Å². The molecule has 2 bridgehead atoms. The van der Waals surface area contributed by atoms with Crippen molar-refractivity contribution in [1.82, 2.24) is 0 Å². The topological polar surface area (TPSA) is 63.7 Å². The van der Waals surface area contributed by atoms with E-state index in [1.165, 1.54) is 4.90 Å². The van der Waals surface area contributed by atoms with Crippen molar-refractivity contribution in [3.63, 3.8) is 0 Å². The molecular weight excluding hydrogens is 530 g/mol. The summed E-state index contributed by atoms with van der Waals surface area (Å²) in [5, 5.41) is 0. The summed E-state index contributed by atoms with van der Waals surface area (Å²) in [5.41, 5.74) is 5.01. The second-order valence-electron chi connectivity index (χ2n) is 10.1. The van der Waals surface area contributed by atoms with Crippen LogP contribution >= 0.6 is 15.9 Å². The minimum atomic E-state index is -0.796. The first kappa shape index (κ1) is 24.1. The number of benzene rings is 3. The van der Waals surface area contributed by atoms with Gasteiger partial charge >= 0.3 is 5.97 Å². The lowest BCUT2D eigenvalue weighted by Gasteiger charge is -2.51. The van der Waals surface area contributed by atoms with Gasteiger partial charge in [0.25, 0.3) is 0 Å². The maximum absolute atomic E-state index is 14.1. The number of hydrogen-bond donors (Lipinski definition) is 0. The first-order valence-corrected chi connectivity index (χ1v) is 13.8. The fourth-order valence-electron chi connectivity index (χ4n) is 6.48. The number of alkyl halides is 1. The molecule has 4 aliphatic rings. The summed E-state index contributed by atoms with van der Waals surface area (Å²) in [4.78, 5) is 42.1. The second-order valence-corrected chi connectivity index (χ2v) is 11.4. The zero-order chi connectivity index (χ0) is 25.7. The molecule has 6 heteroatoms. The Kier molecular flexibility index (Phi) is 6.03. The molecule has 5 nitrogen and oxygen atoms in total. The van der Waals surface area contributed by atoms with E-state index in [-0.39, 0.29) is 17.7 Å². The number of rotatable bonds is 7. The van der Waals surface area contributed by atoms with E-state index in [2.05, 4.69) is 47.1 Å². The van der Waals surface area contributed by atoms with Crippen LogP contribution in [0.3, 0.4) is 0 Å². The van der Waals surface area contributed by atoms with Gasteiger partial charge in [-0.05, 0) is 46.9 Å². The van der Waals surface area contributed by atoms with Crippen molar-refractivity contribution >= 4 is 39.4 Å². The summed E-state index contributed by atoms with van der Waals surface area (Å²) in [7, 11) is 0. The number of imide groups is 1. The predicted molar refractivity (Wildman–Crippen MR) is 145 cm³/mol. The van der Waals surface area contributed by atoms with E-state index in [1.807, 2.05) is 24.3 Å². The normalized spacial score (nSPS) is 25.0. The predicted octanol–water partition coefficient (Wildman–Crippen LogP) is 6.33. The van der Waals surface area contributed by atoms with E-state index in [1.54, 1.807) is 24.3 Å². The molecule has 3 aromatic carbocycles. The third kappa shape index (κ3) is 3.52. The largest absolute Gasteiger partial charge is 0.462 e. The maximum atomic E-state index is 14.1. The lowest BCUT2D eigenvalue weighted by atomic mass is 9.55. The molecule has 1 heterocycles. The van der Waals surface area contributed by atoms with Crippen LogP contribution < -0.4 is 4.90 Å². The van der Waals surface area contributed by atoms with Crippen LogP contribution in [0.25, 0.3) is 0 Å². The highest BCUT2D eigenvalue weighted by molar-refractivity contribution is 9.09. The summed E-state index contributed by atoms with van der Waals surface area (Å²) in [6.07, 6.45) is 4.06. The van der Waals surface area contributed by atoms with Crippen LogP contribution in [0.4, 0.5) is 5.69 Å². The minimum Gasteiger partial charge on any atom is -0.462 e. The Bertz CT molecular complexity index is 1370. The van der Waals surface area contributed by atoms with Crippen molar-refractivity contribution in [3.8, 4) is 0 Å². The molecular formula is C31H28BrNO4. The number of ether oxygens (including phenoxy) is 1. The number of halogens is 1. The third-order valence-corrected chi connectivity index (χ3v) is 9.43. The van der Waals surface area contributed by atoms with Crippen LogP contribution in [-0.4, -0.2) is 24.4 Å². The Morgan fingerprint density at radius 2 is 1.57 bits per heavy atom. The minimum absolute atomic E-state index is 0.199. The van der Waals surface area contributed by atoms with Gasteiger partial charge < -0.3 is 4.74 Å². The highest BCUT2D eigenvalue weighted by Gasteiger charge is 2.67. The standard InChI is InChI=1S/C31H28BrNO4/c1-2-3-4-9-17-37-30(36)19-11-10-12-20(18-19)33-28(34)26-25-21-13-5-7-15-23(21)31(32,27(26)29(33)35)24-16-8-6-14-22(24)25/h5-8,10-16,18,25-27H,2-4,9,17H2,1H3/t25?,26-,27-,31?/m0/s1. The first-order chi connectivity index (χ1) is 18.0. The van der Waals surface area contributed by atoms with E-state index in [0.29, 0.717) is 17.9 Å². The summed E-state index contributed by atoms with van der Waals surface area (Å²) in [6, 6.07) is 22.9. The summed E-state index contributed by atoms with van der Waals surface area (Å²) >= 11 is 4.02. The fraction of sp³-hybridized carbons (Fsp3) is 0.323. The highest BCUT2D eigenvalue weighted by Crippen LogP contribution is 2.66. The van der Waals surface area contributed by atoms with Gasteiger partial charge in [0.1, 0.15) is 0 Å². The molecule has 1 fully saturated rings. The molecule has 7 rings (SSSR count). The van der Waals surface area contributed by atoms with E-state index in [4.69, 9.17) is 4.74 Å². The zero-order valence-electron chi connectivity index (χ0n) is 20.7. The van der Waals surface area contributed by atoms with E-state index in [0.717, 1.165) is 47.9 Å². The van der Waals surface area contributed by atoms with Crippen LogP contribution in [-0.2, 0) is 18.7 Å². The van der Waals surface area contributed by atoms with Gasteiger partial charge in [-0.15, -0.1) is 0 Å². The van der Waals surface area contributed by atoms with Crippen molar-refractivity contribution in [2.75, 3.05) is 11.5 Å². The molecule has 0 spiro atoms. The second kappa shape index (κ2) is 9.25. The molecule has 0 saturated carbocycles. The molecule has 2 amide bonds. The van der Waals surface area contributed by atoms with Crippen LogP contribution in [0.2, 0.25) is 0 Å². The molecule has 3 aromatic rings. The first-order valence-electron chi connectivity index (χ1n) is 13.0. The van der Waals surface area contributed by atoms with Crippen molar-refractivity contribution in [3.05, 3.63) is 101 Å². The van der Waals surface area contributed by atoms with Crippen molar-refractivity contribution < 1.29 is 19.1 Å². The number of anilines is 1. The Hall–Kier alpha value is -3.25. The monoisotopic (exact) mass is 557 g/mol. The summed E-state index contributed by atoms with van der Waals surface area (Å²) in [5.74, 6) is -2.21. The van der Waals surface area contributed by atoms with Gasteiger partial charge in [-0.2, -0.15) is 0 Å². The Morgan fingerprint density at radius 3 is 2.24 bits per heavy atom. The van der Waals surface area contributed by atoms with Crippen LogP contribution in [0.1, 0.15) is 71.1 Å². The van der Waals surface area contributed by atoms with Gasteiger partial charge in [-0.1, -0.05) is 96.7 Å². The van der Waals surface area contributed by atoms with Gasteiger partial charge in [0.05, 0.1) is 34.0 Å². The third-order valence-electron chi connectivity index (χ3n) is 8.09.